The molecule has 0 aliphatic rings. The van der Waals surface area contributed by atoms with Crippen LogP contribution in [-0.2, 0) is 11.2 Å². The second-order valence-electron chi connectivity index (χ2n) is 3.77. The van der Waals surface area contributed by atoms with Crippen molar-refractivity contribution < 1.29 is 9.53 Å². The second kappa shape index (κ2) is 5.22. The molecule has 0 spiro atoms. The lowest BCUT2D eigenvalue weighted by atomic mass is 10.1. The summed E-state index contributed by atoms with van der Waals surface area (Å²) in [6, 6.07) is 7.31. The first kappa shape index (κ1) is 12.0. The Balaban J connectivity index is 1.96. The molecule has 1 heterocycles. The number of carbonyl (C=O) groups excluding carboxylic acids is 1. The van der Waals surface area contributed by atoms with Crippen LogP contribution in [-0.4, -0.2) is 23.2 Å². The number of hydrogen-bond acceptors (Lipinski definition) is 4. The van der Waals surface area contributed by atoms with E-state index < -0.39 is 0 Å². The predicted molar refractivity (Wildman–Crippen MR) is 68.3 cm³/mol. The molecule has 1 aromatic carbocycles. The third-order valence-corrected chi connectivity index (χ3v) is 2.46. The van der Waals surface area contributed by atoms with Gasteiger partial charge in [0.05, 0.1) is 25.4 Å². The van der Waals surface area contributed by atoms with E-state index in [1.165, 1.54) is 6.20 Å². The summed E-state index contributed by atoms with van der Waals surface area (Å²) in [7, 11) is 1.60. The largest absolute Gasteiger partial charge is 0.497 e. The van der Waals surface area contributed by atoms with Crippen molar-refractivity contribution in [2.75, 3.05) is 18.2 Å². The molecular formula is C12H14N4O2. The number of nitrogens with two attached hydrogens (primary N) is 1. The molecule has 0 bridgehead atoms. The van der Waals surface area contributed by atoms with Crippen LogP contribution in [0.1, 0.15) is 5.56 Å². The van der Waals surface area contributed by atoms with Crippen LogP contribution in [0.15, 0.2) is 30.5 Å². The van der Waals surface area contributed by atoms with E-state index in [1.807, 2.05) is 24.3 Å². The topological polar surface area (TPSA) is 93.0 Å². The van der Waals surface area contributed by atoms with Crippen LogP contribution in [0.3, 0.4) is 0 Å². The van der Waals surface area contributed by atoms with Crippen molar-refractivity contribution in [3.63, 3.8) is 0 Å². The summed E-state index contributed by atoms with van der Waals surface area (Å²) < 4.78 is 5.04. The number of aromatic nitrogens is 2. The Morgan fingerprint density at radius 2 is 2.17 bits per heavy atom. The Morgan fingerprint density at radius 1 is 1.44 bits per heavy atom. The van der Waals surface area contributed by atoms with Gasteiger partial charge in [-0.05, 0) is 17.7 Å². The minimum Gasteiger partial charge on any atom is -0.497 e. The number of anilines is 2. The highest BCUT2D eigenvalue weighted by Gasteiger charge is 2.07. The van der Waals surface area contributed by atoms with Gasteiger partial charge in [0.1, 0.15) is 5.75 Å². The lowest BCUT2D eigenvalue weighted by Gasteiger charge is -2.05. The molecular weight excluding hydrogens is 232 g/mol. The molecule has 4 N–H and O–H groups in total. The Kier molecular flexibility index (Phi) is 3.47. The lowest BCUT2D eigenvalue weighted by molar-refractivity contribution is -0.115. The van der Waals surface area contributed by atoms with E-state index >= 15 is 0 Å². The zero-order chi connectivity index (χ0) is 13.0. The van der Waals surface area contributed by atoms with E-state index in [4.69, 9.17) is 10.5 Å². The van der Waals surface area contributed by atoms with Gasteiger partial charge in [-0.15, -0.1) is 0 Å². The van der Waals surface area contributed by atoms with E-state index in [0.29, 0.717) is 11.5 Å². The van der Waals surface area contributed by atoms with Gasteiger partial charge in [-0.25, -0.2) is 0 Å². The van der Waals surface area contributed by atoms with E-state index in [9.17, 15) is 4.79 Å². The number of H-pyrrole nitrogens is 1. The molecule has 94 valence electrons. The van der Waals surface area contributed by atoms with E-state index in [2.05, 4.69) is 15.5 Å². The summed E-state index contributed by atoms with van der Waals surface area (Å²) in [6.45, 7) is 0. The lowest BCUT2D eigenvalue weighted by Crippen LogP contribution is -2.15. The number of ether oxygens (including phenoxy) is 1. The van der Waals surface area contributed by atoms with Crippen molar-refractivity contribution in [2.45, 2.75) is 6.42 Å². The number of amides is 1. The Bertz CT molecular complexity index is 533. The molecule has 18 heavy (non-hydrogen) atoms. The normalized spacial score (nSPS) is 10.1. The summed E-state index contributed by atoms with van der Waals surface area (Å²) >= 11 is 0. The molecule has 0 aliphatic carbocycles. The standard InChI is InChI=1S/C12H14N4O2/c1-18-9-4-2-8(3-5-9)6-11(17)15-12-10(13)7-14-16-12/h2-5,7H,6,13H2,1H3,(H2,14,15,16,17). The zero-order valence-electron chi connectivity index (χ0n) is 9.93. The maximum atomic E-state index is 11.7. The van der Waals surface area contributed by atoms with Crippen molar-refractivity contribution in [2.24, 2.45) is 0 Å². The minimum atomic E-state index is -0.156. The minimum absolute atomic E-state index is 0.156. The van der Waals surface area contributed by atoms with Crippen LogP contribution in [0, 0.1) is 0 Å². The van der Waals surface area contributed by atoms with Gasteiger partial charge < -0.3 is 15.8 Å². The maximum absolute atomic E-state index is 11.7. The van der Waals surface area contributed by atoms with Gasteiger partial charge in [0.2, 0.25) is 5.91 Å². The van der Waals surface area contributed by atoms with Crippen LogP contribution in [0.25, 0.3) is 0 Å². The van der Waals surface area contributed by atoms with Crippen molar-refractivity contribution in [1.82, 2.24) is 10.2 Å². The number of aromatic amines is 1. The molecule has 6 heteroatoms. The van der Waals surface area contributed by atoms with Crippen molar-refractivity contribution in [3.05, 3.63) is 36.0 Å². The first-order valence-electron chi connectivity index (χ1n) is 5.40. The molecule has 0 radical (unpaired) electrons. The van der Waals surface area contributed by atoms with Gasteiger partial charge in [0.25, 0.3) is 0 Å². The van der Waals surface area contributed by atoms with Crippen molar-refractivity contribution >= 4 is 17.4 Å². The van der Waals surface area contributed by atoms with Crippen LogP contribution < -0.4 is 15.8 Å². The monoisotopic (exact) mass is 246 g/mol. The highest BCUT2D eigenvalue weighted by Crippen LogP contribution is 2.14. The molecule has 0 fully saturated rings. The quantitative estimate of drug-likeness (QED) is 0.755. The van der Waals surface area contributed by atoms with E-state index in [0.717, 1.165) is 11.3 Å². The number of rotatable bonds is 4. The van der Waals surface area contributed by atoms with Gasteiger partial charge >= 0.3 is 0 Å². The molecule has 6 nitrogen and oxygen atoms in total. The van der Waals surface area contributed by atoms with Gasteiger partial charge in [0, 0.05) is 0 Å². The third-order valence-electron chi connectivity index (χ3n) is 2.46. The summed E-state index contributed by atoms with van der Waals surface area (Å²) in [4.78, 5) is 11.7. The Hall–Kier alpha value is -2.50. The van der Waals surface area contributed by atoms with Gasteiger partial charge in [-0.1, -0.05) is 12.1 Å². The molecule has 0 atom stereocenters. The number of methoxy groups -OCH3 is 1. The summed E-state index contributed by atoms with van der Waals surface area (Å²) in [5.74, 6) is 1.03. The number of carbonyl (C=O) groups is 1. The molecule has 2 aromatic rings. The number of nitrogens with zero attached hydrogens (tertiary/aromatic N) is 1. The summed E-state index contributed by atoms with van der Waals surface area (Å²) in [6.07, 6.45) is 1.71. The first-order chi connectivity index (χ1) is 8.69. The fourth-order valence-corrected chi connectivity index (χ4v) is 1.51. The van der Waals surface area contributed by atoms with E-state index in [-0.39, 0.29) is 12.3 Å². The average molecular weight is 246 g/mol. The van der Waals surface area contributed by atoms with E-state index in [1.54, 1.807) is 7.11 Å². The van der Waals surface area contributed by atoms with Crippen LogP contribution >= 0.6 is 0 Å². The predicted octanol–water partition coefficient (Wildman–Crippen LogP) is 1.18. The zero-order valence-corrected chi connectivity index (χ0v) is 9.93. The van der Waals surface area contributed by atoms with Gasteiger partial charge in [0.15, 0.2) is 5.82 Å². The molecule has 1 aromatic heterocycles. The van der Waals surface area contributed by atoms with Crippen LogP contribution in [0.5, 0.6) is 5.75 Å². The molecule has 1 amide bonds. The molecule has 0 saturated heterocycles. The van der Waals surface area contributed by atoms with Gasteiger partial charge in [-0.2, -0.15) is 5.10 Å². The Morgan fingerprint density at radius 3 is 2.72 bits per heavy atom. The SMILES string of the molecule is COc1ccc(CC(=O)Nc2[nH]ncc2N)cc1. The summed E-state index contributed by atoms with van der Waals surface area (Å²) in [5.41, 5.74) is 6.90. The van der Waals surface area contributed by atoms with Crippen molar-refractivity contribution in [3.8, 4) is 5.75 Å². The number of benzene rings is 1. The molecule has 2 rings (SSSR count). The Labute approximate surface area is 104 Å². The number of nitrogen functional groups attached to an aromatic ring is 1. The highest BCUT2D eigenvalue weighted by molar-refractivity contribution is 5.93. The highest BCUT2D eigenvalue weighted by atomic mass is 16.5. The van der Waals surface area contributed by atoms with Crippen LogP contribution in [0.4, 0.5) is 11.5 Å². The third kappa shape index (κ3) is 2.79. The second-order valence-corrected chi connectivity index (χ2v) is 3.77. The van der Waals surface area contributed by atoms with Crippen LogP contribution in [0.2, 0.25) is 0 Å². The number of hydrogen-bond donors (Lipinski definition) is 3. The fraction of sp³-hybridized carbons (Fsp3) is 0.167. The molecule has 0 saturated carbocycles. The average Bonchev–Trinajstić information content (AvgIpc) is 2.76. The molecule has 0 aliphatic heterocycles. The number of nitrogens with one attached hydrogen (secondary N) is 2. The van der Waals surface area contributed by atoms with Gasteiger partial charge in [-0.3, -0.25) is 9.89 Å². The maximum Gasteiger partial charge on any atom is 0.229 e. The molecule has 0 unspecified atom stereocenters. The first-order valence-corrected chi connectivity index (χ1v) is 5.40. The fourth-order valence-electron chi connectivity index (χ4n) is 1.51. The van der Waals surface area contributed by atoms with Crippen molar-refractivity contribution in [1.29, 1.82) is 0 Å². The smallest absolute Gasteiger partial charge is 0.229 e. The summed E-state index contributed by atoms with van der Waals surface area (Å²) in [5, 5.41) is 8.99.